The van der Waals surface area contributed by atoms with Crippen LogP contribution >= 0.6 is 0 Å². The molecule has 0 saturated heterocycles. The molecule has 150 valence electrons. The van der Waals surface area contributed by atoms with Crippen LogP contribution in [0.3, 0.4) is 0 Å². The van der Waals surface area contributed by atoms with Gasteiger partial charge in [-0.3, -0.25) is 14.4 Å². The van der Waals surface area contributed by atoms with Crippen LogP contribution in [0.2, 0.25) is 0 Å². The number of benzene rings is 2. The van der Waals surface area contributed by atoms with Gasteiger partial charge in [-0.25, -0.2) is 0 Å². The van der Waals surface area contributed by atoms with Crippen molar-refractivity contribution in [2.45, 2.75) is 25.8 Å². The zero-order valence-corrected chi connectivity index (χ0v) is 16.4. The zero-order chi connectivity index (χ0) is 20.6. The minimum absolute atomic E-state index is 0.0552. The van der Waals surface area contributed by atoms with Gasteiger partial charge in [0, 0.05) is 17.8 Å². The summed E-state index contributed by atoms with van der Waals surface area (Å²) in [7, 11) is 0. The molecule has 3 amide bonds. The van der Waals surface area contributed by atoms with Gasteiger partial charge in [0.2, 0.25) is 17.7 Å². The molecule has 0 heterocycles. The van der Waals surface area contributed by atoms with Crippen molar-refractivity contribution in [2.24, 2.45) is 0 Å². The fourth-order valence-corrected chi connectivity index (χ4v) is 2.92. The lowest BCUT2D eigenvalue weighted by molar-refractivity contribution is -0.133. The summed E-state index contributed by atoms with van der Waals surface area (Å²) in [6, 6.07) is 17.1. The van der Waals surface area contributed by atoms with Crippen molar-refractivity contribution < 1.29 is 14.4 Å². The lowest BCUT2D eigenvalue weighted by Gasteiger charge is -2.20. The molecule has 3 rings (SSSR count). The van der Waals surface area contributed by atoms with Gasteiger partial charge in [-0.1, -0.05) is 42.5 Å². The first-order chi connectivity index (χ1) is 14.0. The number of hydrogen-bond acceptors (Lipinski definition) is 3. The van der Waals surface area contributed by atoms with Crippen molar-refractivity contribution in [3.05, 3.63) is 71.8 Å². The number of rotatable bonds is 8. The van der Waals surface area contributed by atoms with Crippen LogP contribution in [0.4, 0.5) is 5.69 Å². The third-order valence-corrected chi connectivity index (χ3v) is 4.55. The van der Waals surface area contributed by atoms with E-state index < -0.39 is 0 Å². The summed E-state index contributed by atoms with van der Waals surface area (Å²) in [5, 5.41) is 5.33. The highest BCUT2D eigenvalue weighted by Gasteiger charge is 2.32. The van der Waals surface area contributed by atoms with Crippen molar-refractivity contribution in [3.8, 4) is 0 Å². The summed E-state index contributed by atoms with van der Waals surface area (Å²) in [5.41, 5.74) is 2.65. The molecule has 1 aliphatic carbocycles. The monoisotopic (exact) mass is 391 g/mol. The standard InChI is InChI=1S/C23H25N3O3/c1-17-6-5-9-19(14-17)25-21(27)15-24-22(28)16-26(20-11-12-20)23(29)13-10-18-7-3-2-4-8-18/h2-10,13-14,20H,11-12,15-16H2,1H3,(H,24,28)(H,25,27)/b13-10+. The molecule has 6 nitrogen and oxygen atoms in total. The molecule has 6 heteroatoms. The van der Waals surface area contributed by atoms with E-state index in [2.05, 4.69) is 10.6 Å². The highest BCUT2D eigenvalue weighted by atomic mass is 16.2. The normalized spacial score (nSPS) is 13.1. The van der Waals surface area contributed by atoms with Crippen molar-refractivity contribution in [1.29, 1.82) is 0 Å². The van der Waals surface area contributed by atoms with Crippen molar-refractivity contribution >= 4 is 29.5 Å². The van der Waals surface area contributed by atoms with Crippen LogP contribution in [0.5, 0.6) is 0 Å². The first kappa shape index (κ1) is 20.3. The van der Waals surface area contributed by atoms with Crippen LogP contribution in [0.15, 0.2) is 60.7 Å². The zero-order valence-electron chi connectivity index (χ0n) is 16.4. The number of hydrogen-bond donors (Lipinski definition) is 2. The highest BCUT2D eigenvalue weighted by Crippen LogP contribution is 2.27. The maximum absolute atomic E-state index is 12.5. The second-order valence-electron chi connectivity index (χ2n) is 7.14. The SMILES string of the molecule is Cc1cccc(NC(=O)CNC(=O)CN(C(=O)/C=C/c2ccccc2)C2CC2)c1. The number of nitrogens with zero attached hydrogens (tertiary/aromatic N) is 1. The minimum atomic E-state index is -0.349. The number of amides is 3. The van der Waals surface area contributed by atoms with Gasteiger partial charge in [0.1, 0.15) is 6.54 Å². The molecule has 2 N–H and O–H groups in total. The Bertz CT molecular complexity index is 905. The predicted octanol–water partition coefficient (Wildman–Crippen LogP) is 2.75. The average Bonchev–Trinajstić information content (AvgIpc) is 3.54. The average molecular weight is 391 g/mol. The lowest BCUT2D eigenvalue weighted by atomic mass is 10.2. The molecule has 2 aromatic rings. The molecule has 0 bridgehead atoms. The van der Waals surface area contributed by atoms with Gasteiger partial charge in [0.25, 0.3) is 0 Å². The van der Waals surface area contributed by atoms with Crippen LogP contribution < -0.4 is 10.6 Å². The van der Waals surface area contributed by atoms with Crippen molar-refractivity contribution in [2.75, 3.05) is 18.4 Å². The Labute approximate surface area is 170 Å². The molecule has 0 aromatic heterocycles. The summed E-state index contributed by atoms with van der Waals surface area (Å²) < 4.78 is 0. The Morgan fingerprint density at radius 2 is 1.79 bits per heavy atom. The summed E-state index contributed by atoms with van der Waals surface area (Å²) >= 11 is 0. The molecule has 1 aliphatic rings. The summed E-state index contributed by atoms with van der Waals surface area (Å²) in [5.74, 6) is -0.856. The molecule has 2 aromatic carbocycles. The van der Waals surface area contributed by atoms with E-state index in [0.717, 1.165) is 24.0 Å². The van der Waals surface area contributed by atoms with Crippen LogP contribution in [0, 0.1) is 6.92 Å². The third kappa shape index (κ3) is 6.60. The maximum Gasteiger partial charge on any atom is 0.247 e. The molecular formula is C23H25N3O3. The van der Waals surface area contributed by atoms with E-state index in [1.807, 2.05) is 55.5 Å². The van der Waals surface area contributed by atoms with E-state index in [9.17, 15) is 14.4 Å². The molecular weight excluding hydrogens is 366 g/mol. The number of nitrogens with one attached hydrogen (secondary N) is 2. The summed E-state index contributed by atoms with van der Waals surface area (Å²) in [6.45, 7) is 1.74. The molecule has 0 radical (unpaired) electrons. The Balaban J connectivity index is 1.48. The van der Waals surface area contributed by atoms with E-state index in [0.29, 0.717) is 5.69 Å². The number of carbonyl (C=O) groups excluding carboxylic acids is 3. The second kappa shape index (κ2) is 9.68. The van der Waals surface area contributed by atoms with E-state index >= 15 is 0 Å². The van der Waals surface area contributed by atoms with Gasteiger partial charge in [-0.15, -0.1) is 0 Å². The largest absolute Gasteiger partial charge is 0.345 e. The van der Waals surface area contributed by atoms with Crippen LogP contribution in [0.25, 0.3) is 6.08 Å². The number of aryl methyl sites for hydroxylation is 1. The van der Waals surface area contributed by atoms with Gasteiger partial charge in [-0.2, -0.15) is 0 Å². The molecule has 1 saturated carbocycles. The van der Waals surface area contributed by atoms with Gasteiger partial charge >= 0.3 is 0 Å². The molecule has 0 spiro atoms. The predicted molar refractivity (Wildman–Crippen MR) is 113 cm³/mol. The number of carbonyl (C=O) groups is 3. The molecule has 0 aliphatic heterocycles. The Hall–Kier alpha value is -3.41. The second-order valence-corrected chi connectivity index (χ2v) is 7.14. The molecule has 29 heavy (non-hydrogen) atoms. The van der Waals surface area contributed by atoms with Crippen molar-refractivity contribution in [3.63, 3.8) is 0 Å². The Morgan fingerprint density at radius 3 is 2.48 bits per heavy atom. The van der Waals surface area contributed by atoms with Gasteiger partial charge in [0.05, 0.1) is 6.54 Å². The fraction of sp³-hybridized carbons (Fsp3) is 0.261. The number of anilines is 1. The van der Waals surface area contributed by atoms with E-state index in [-0.39, 0.29) is 36.9 Å². The van der Waals surface area contributed by atoms with E-state index in [1.165, 1.54) is 6.08 Å². The quantitative estimate of drug-likeness (QED) is 0.679. The molecule has 1 fully saturated rings. The van der Waals surface area contributed by atoms with E-state index in [4.69, 9.17) is 0 Å². The Kier molecular flexibility index (Phi) is 6.79. The first-order valence-corrected chi connectivity index (χ1v) is 9.68. The molecule has 0 atom stereocenters. The van der Waals surface area contributed by atoms with Crippen molar-refractivity contribution in [1.82, 2.24) is 10.2 Å². The smallest absolute Gasteiger partial charge is 0.247 e. The molecule has 0 unspecified atom stereocenters. The third-order valence-electron chi connectivity index (χ3n) is 4.55. The summed E-state index contributed by atoms with van der Waals surface area (Å²) in [4.78, 5) is 38.4. The van der Waals surface area contributed by atoms with Crippen LogP contribution in [0.1, 0.15) is 24.0 Å². The maximum atomic E-state index is 12.5. The fourth-order valence-electron chi connectivity index (χ4n) is 2.92. The van der Waals surface area contributed by atoms with Gasteiger partial charge in [0.15, 0.2) is 0 Å². The topological polar surface area (TPSA) is 78.5 Å². The highest BCUT2D eigenvalue weighted by molar-refractivity contribution is 5.97. The Morgan fingerprint density at radius 1 is 1.03 bits per heavy atom. The lowest BCUT2D eigenvalue weighted by Crippen LogP contribution is -2.43. The van der Waals surface area contributed by atoms with E-state index in [1.54, 1.807) is 17.0 Å². The van der Waals surface area contributed by atoms with Gasteiger partial charge in [-0.05, 0) is 49.1 Å². The first-order valence-electron chi connectivity index (χ1n) is 9.68. The minimum Gasteiger partial charge on any atom is -0.345 e. The van der Waals surface area contributed by atoms with Crippen LogP contribution in [-0.4, -0.2) is 41.8 Å². The van der Waals surface area contributed by atoms with Gasteiger partial charge < -0.3 is 15.5 Å². The summed E-state index contributed by atoms with van der Waals surface area (Å²) in [6.07, 6.45) is 5.02. The van der Waals surface area contributed by atoms with Crippen LogP contribution in [-0.2, 0) is 14.4 Å².